The van der Waals surface area contributed by atoms with Gasteiger partial charge < -0.3 is 10.6 Å². The molecule has 0 radical (unpaired) electrons. The van der Waals surface area contributed by atoms with Crippen LogP contribution in [0.25, 0.3) is 0 Å². The maximum Gasteiger partial charge on any atom is 0.220 e. The van der Waals surface area contributed by atoms with Crippen molar-refractivity contribution < 1.29 is 4.79 Å². The lowest BCUT2D eigenvalue weighted by atomic mass is 9.83. The summed E-state index contributed by atoms with van der Waals surface area (Å²) in [6.45, 7) is 4.84. The molecule has 0 heterocycles. The molecule has 3 heteroatoms. The Hall–Kier alpha value is -0.570. The molecular formula is C11H22N2O. The Labute approximate surface area is 86.6 Å². The van der Waals surface area contributed by atoms with Gasteiger partial charge in [0.2, 0.25) is 5.91 Å². The highest BCUT2D eigenvalue weighted by molar-refractivity contribution is 5.76. The predicted octanol–water partition coefficient (Wildman–Crippen LogP) is 1.29. The predicted molar refractivity (Wildman–Crippen MR) is 58.1 cm³/mol. The molecule has 0 aromatic carbocycles. The molecule has 1 amide bonds. The molecule has 82 valence electrons. The summed E-state index contributed by atoms with van der Waals surface area (Å²) in [5.74, 6) is 0.909. The van der Waals surface area contributed by atoms with Gasteiger partial charge in [-0.2, -0.15) is 0 Å². The van der Waals surface area contributed by atoms with Crippen molar-refractivity contribution in [3.05, 3.63) is 0 Å². The normalized spacial score (nSPS) is 16.4. The average molecular weight is 198 g/mol. The van der Waals surface area contributed by atoms with Crippen LogP contribution >= 0.6 is 0 Å². The molecule has 1 rings (SSSR count). The van der Waals surface area contributed by atoms with E-state index in [1.807, 2.05) is 0 Å². The number of nitrogens with one attached hydrogen (secondary N) is 2. The maximum absolute atomic E-state index is 11.3. The zero-order valence-electron chi connectivity index (χ0n) is 9.14. The molecule has 1 fully saturated rings. The molecule has 0 bridgehead atoms. The highest BCUT2D eigenvalue weighted by Crippen LogP contribution is 2.28. The van der Waals surface area contributed by atoms with Crippen molar-refractivity contribution in [2.24, 2.45) is 5.92 Å². The van der Waals surface area contributed by atoms with E-state index in [0.29, 0.717) is 5.92 Å². The van der Waals surface area contributed by atoms with Crippen molar-refractivity contribution in [1.82, 2.24) is 10.6 Å². The van der Waals surface area contributed by atoms with Crippen LogP contribution in [0.2, 0.25) is 0 Å². The highest BCUT2D eigenvalue weighted by atomic mass is 16.1. The average Bonchev–Trinajstić information content (AvgIpc) is 2.11. The Morgan fingerprint density at radius 3 is 2.64 bits per heavy atom. The second kappa shape index (κ2) is 6.82. The summed E-state index contributed by atoms with van der Waals surface area (Å²) in [4.78, 5) is 11.3. The monoisotopic (exact) mass is 198 g/mol. The van der Waals surface area contributed by atoms with E-state index in [2.05, 4.69) is 17.6 Å². The largest absolute Gasteiger partial charge is 0.355 e. The van der Waals surface area contributed by atoms with Gasteiger partial charge in [-0.05, 0) is 31.7 Å². The Morgan fingerprint density at radius 2 is 2.07 bits per heavy atom. The second-order valence-electron chi connectivity index (χ2n) is 4.10. The van der Waals surface area contributed by atoms with Gasteiger partial charge in [0.25, 0.3) is 0 Å². The molecular weight excluding hydrogens is 176 g/mol. The first-order valence-corrected chi connectivity index (χ1v) is 5.80. The van der Waals surface area contributed by atoms with Crippen molar-refractivity contribution in [2.45, 2.75) is 39.0 Å². The lowest BCUT2D eigenvalue weighted by Gasteiger charge is -2.24. The summed E-state index contributed by atoms with van der Waals surface area (Å²) in [6, 6.07) is 0. The van der Waals surface area contributed by atoms with Gasteiger partial charge in [0.05, 0.1) is 0 Å². The molecule has 0 aromatic rings. The van der Waals surface area contributed by atoms with E-state index in [9.17, 15) is 4.79 Å². The van der Waals surface area contributed by atoms with Crippen molar-refractivity contribution >= 4 is 5.91 Å². The van der Waals surface area contributed by atoms with Crippen LogP contribution in [-0.4, -0.2) is 25.5 Å². The Balaban J connectivity index is 1.87. The fourth-order valence-electron chi connectivity index (χ4n) is 1.62. The minimum atomic E-state index is 0.230. The summed E-state index contributed by atoms with van der Waals surface area (Å²) in [5, 5.41) is 6.20. The van der Waals surface area contributed by atoms with Crippen LogP contribution in [0.5, 0.6) is 0 Å². The summed E-state index contributed by atoms with van der Waals surface area (Å²) in [7, 11) is 0. The van der Waals surface area contributed by atoms with Gasteiger partial charge in [0, 0.05) is 19.5 Å². The number of carbonyl (C=O) groups excluding carboxylic acids is 1. The fraction of sp³-hybridized carbons (Fsp3) is 0.909. The number of rotatable bonds is 7. The molecule has 0 aliphatic heterocycles. The standard InChI is InChI=1S/C11H22N2O/c1-2-6-12-7-8-13-11(14)9-10-4-3-5-10/h10,12H,2-9H2,1H3,(H,13,14). The van der Waals surface area contributed by atoms with Gasteiger partial charge in [0.1, 0.15) is 0 Å². The van der Waals surface area contributed by atoms with Gasteiger partial charge in [0.15, 0.2) is 0 Å². The van der Waals surface area contributed by atoms with Gasteiger partial charge in [-0.3, -0.25) is 4.79 Å². The summed E-state index contributed by atoms with van der Waals surface area (Å²) < 4.78 is 0. The zero-order chi connectivity index (χ0) is 10.2. The lowest BCUT2D eigenvalue weighted by molar-refractivity contribution is -0.122. The Morgan fingerprint density at radius 1 is 1.29 bits per heavy atom. The SMILES string of the molecule is CCCNCCNC(=O)CC1CCC1. The molecule has 14 heavy (non-hydrogen) atoms. The minimum absolute atomic E-state index is 0.230. The van der Waals surface area contributed by atoms with Crippen LogP contribution < -0.4 is 10.6 Å². The first-order valence-electron chi connectivity index (χ1n) is 5.80. The van der Waals surface area contributed by atoms with Gasteiger partial charge in [-0.15, -0.1) is 0 Å². The van der Waals surface area contributed by atoms with Crippen LogP contribution in [0.3, 0.4) is 0 Å². The van der Waals surface area contributed by atoms with E-state index < -0.39 is 0 Å². The molecule has 0 aromatic heterocycles. The molecule has 0 unspecified atom stereocenters. The van der Waals surface area contributed by atoms with Gasteiger partial charge in [-0.25, -0.2) is 0 Å². The lowest BCUT2D eigenvalue weighted by Crippen LogP contribution is -2.33. The Bertz CT molecular complexity index is 167. The van der Waals surface area contributed by atoms with Crippen molar-refractivity contribution in [3.63, 3.8) is 0 Å². The van der Waals surface area contributed by atoms with Gasteiger partial charge in [-0.1, -0.05) is 13.3 Å². The number of amides is 1. The third kappa shape index (κ3) is 4.61. The molecule has 3 nitrogen and oxygen atoms in total. The molecule has 1 aliphatic rings. The third-order valence-electron chi connectivity index (χ3n) is 2.75. The van der Waals surface area contributed by atoms with Crippen LogP contribution in [0.1, 0.15) is 39.0 Å². The smallest absolute Gasteiger partial charge is 0.220 e. The summed E-state index contributed by atoms with van der Waals surface area (Å²) in [6.07, 6.45) is 5.71. The van der Waals surface area contributed by atoms with E-state index in [4.69, 9.17) is 0 Å². The summed E-state index contributed by atoms with van der Waals surface area (Å²) in [5.41, 5.74) is 0. The molecule has 0 atom stereocenters. The second-order valence-corrected chi connectivity index (χ2v) is 4.10. The van der Waals surface area contributed by atoms with Crippen molar-refractivity contribution in [3.8, 4) is 0 Å². The van der Waals surface area contributed by atoms with Crippen LogP contribution in [0.4, 0.5) is 0 Å². The number of carbonyl (C=O) groups is 1. The quantitative estimate of drug-likeness (QED) is 0.605. The maximum atomic E-state index is 11.3. The number of hydrogen-bond donors (Lipinski definition) is 2. The number of hydrogen-bond acceptors (Lipinski definition) is 2. The molecule has 0 saturated heterocycles. The van der Waals surface area contributed by atoms with Crippen molar-refractivity contribution in [2.75, 3.05) is 19.6 Å². The summed E-state index contributed by atoms with van der Waals surface area (Å²) >= 11 is 0. The van der Waals surface area contributed by atoms with E-state index in [-0.39, 0.29) is 5.91 Å². The van der Waals surface area contributed by atoms with E-state index in [0.717, 1.165) is 32.5 Å². The van der Waals surface area contributed by atoms with Crippen LogP contribution in [0, 0.1) is 5.92 Å². The fourth-order valence-corrected chi connectivity index (χ4v) is 1.62. The topological polar surface area (TPSA) is 41.1 Å². The Kier molecular flexibility index (Phi) is 5.60. The molecule has 2 N–H and O–H groups in total. The first kappa shape index (κ1) is 11.5. The van der Waals surface area contributed by atoms with E-state index in [1.165, 1.54) is 19.3 Å². The zero-order valence-corrected chi connectivity index (χ0v) is 9.14. The van der Waals surface area contributed by atoms with Crippen molar-refractivity contribution in [1.29, 1.82) is 0 Å². The minimum Gasteiger partial charge on any atom is -0.355 e. The van der Waals surface area contributed by atoms with E-state index >= 15 is 0 Å². The van der Waals surface area contributed by atoms with E-state index in [1.54, 1.807) is 0 Å². The van der Waals surface area contributed by atoms with Crippen LogP contribution in [-0.2, 0) is 4.79 Å². The third-order valence-corrected chi connectivity index (χ3v) is 2.75. The van der Waals surface area contributed by atoms with Gasteiger partial charge >= 0.3 is 0 Å². The molecule has 1 saturated carbocycles. The highest BCUT2D eigenvalue weighted by Gasteiger charge is 2.19. The first-order chi connectivity index (χ1) is 6.83. The van der Waals surface area contributed by atoms with Crippen LogP contribution in [0.15, 0.2) is 0 Å². The molecule has 0 spiro atoms. The molecule has 1 aliphatic carbocycles.